The van der Waals surface area contributed by atoms with Crippen molar-refractivity contribution in [3.05, 3.63) is 23.3 Å². The third-order valence-corrected chi connectivity index (χ3v) is 1.88. The zero-order valence-corrected chi connectivity index (χ0v) is 5.15. The number of rotatable bonds is 0. The van der Waals surface area contributed by atoms with Crippen LogP contribution in [0, 0.1) is 13.8 Å². The van der Waals surface area contributed by atoms with Gasteiger partial charge in [0.15, 0.2) is 0 Å². The molecule has 0 heterocycles. The van der Waals surface area contributed by atoms with Crippen LogP contribution in [0.2, 0.25) is 0 Å². The van der Waals surface area contributed by atoms with Gasteiger partial charge in [-0.05, 0) is 36.1 Å². The molecule has 40 valence electrons. The van der Waals surface area contributed by atoms with Crippen molar-refractivity contribution in [1.82, 2.24) is 0 Å². The van der Waals surface area contributed by atoms with Crippen LogP contribution in [0.5, 0.6) is 0 Å². The van der Waals surface area contributed by atoms with Gasteiger partial charge in [0.1, 0.15) is 0 Å². The van der Waals surface area contributed by atoms with Crippen LogP contribution in [-0.2, 0) is 0 Å². The number of aryl methyl sites for hydroxylation is 2. The lowest BCUT2D eigenvalue weighted by Gasteiger charge is -1.74. The molecule has 0 nitrogen and oxygen atoms in total. The summed E-state index contributed by atoms with van der Waals surface area (Å²) in [5, 5.41) is 0. The van der Waals surface area contributed by atoms with E-state index in [9.17, 15) is 0 Å². The third-order valence-electron chi connectivity index (χ3n) is 1.88. The first-order valence-corrected chi connectivity index (χ1v) is 2.91. The van der Waals surface area contributed by atoms with Gasteiger partial charge in [0.2, 0.25) is 0 Å². The number of benzene rings is 1. The van der Waals surface area contributed by atoms with E-state index in [0.29, 0.717) is 0 Å². The zero-order chi connectivity index (χ0) is 5.72. The van der Waals surface area contributed by atoms with Crippen LogP contribution >= 0.6 is 0 Å². The molecule has 0 amide bonds. The molecule has 0 heteroatoms. The number of hydrogen-bond donors (Lipinski definition) is 0. The molecule has 0 N–H and O–H groups in total. The minimum absolute atomic E-state index is 1.44. The number of fused-ring (bicyclic) bond motifs is 1. The van der Waals surface area contributed by atoms with Crippen molar-refractivity contribution in [2.45, 2.75) is 13.8 Å². The van der Waals surface area contributed by atoms with Crippen molar-refractivity contribution < 1.29 is 0 Å². The van der Waals surface area contributed by atoms with E-state index in [4.69, 9.17) is 0 Å². The van der Waals surface area contributed by atoms with Gasteiger partial charge in [-0.3, -0.25) is 0 Å². The van der Waals surface area contributed by atoms with Gasteiger partial charge in [-0.2, -0.15) is 0 Å². The fraction of sp³-hybridized carbons (Fsp3) is 0.250. The normalized spacial score (nSPS) is 11.8. The van der Waals surface area contributed by atoms with Gasteiger partial charge in [0.05, 0.1) is 0 Å². The summed E-state index contributed by atoms with van der Waals surface area (Å²) in [6.07, 6.45) is 0. The molecular weight excluding hydrogens is 96.1 g/mol. The van der Waals surface area contributed by atoms with Crippen LogP contribution in [-0.4, -0.2) is 0 Å². The predicted molar refractivity (Wildman–Crippen MR) is 34.9 cm³/mol. The highest BCUT2D eigenvalue weighted by molar-refractivity contribution is 5.91. The van der Waals surface area contributed by atoms with E-state index in [1.54, 1.807) is 0 Å². The fourth-order valence-corrected chi connectivity index (χ4v) is 1.31. The monoisotopic (exact) mass is 104 g/mol. The highest BCUT2D eigenvalue weighted by atomic mass is 14.2. The van der Waals surface area contributed by atoms with Gasteiger partial charge in [-0.1, -0.05) is 12.1 Å². The zero-order valence-electron chi connectivity index (χ0n) is 5.15. The molecule has 2 aliphatic rings. The highest BCUT2D eigenvalue weighted by Gasteiger charge is 2.21. The molecule has 0 atom stereocenters. The molecule has 8 heavy (non-hydrogen) atoms. The maximum absolute atomic E-state index is 2.19. The van der Waals surface area contributed by atoms with Gasteiger partial charge in [-0.25, -0.2) is 0 Å². The highest BCUT2D eigenvalue weighted by Crippen LogP contribution is 2.44. The van der Waals surface area contributed by atoms with E-state index in [2.05, 4.69) is 26.0 Å². The Morgan fingerprint density at radius 2 is 1.88 bits per heavy atom. The molecule has 0 fully saturated rings. The summed E-state index contributed by atoms with van der Waals surface area (Å²) >= 11 is 0. The standard InChI is InChI=1S/C8H8/c1-5-3-4-7-6(2)8(5)7/h3-4H,1-2H3. The maximum Gasteiger partial charge on any atom is -0.0116 e. The Labute approximate surface area is 49.2 Å². The van der Waals surface area contributed by atoms with E-state index in [-0.39, 0.29) is 0 Å². The molecule has 2 aliphatic carbocycles. The first-order valence-electron chi connectivity index (χ1n) is 2.91. The summed E-state index contributed by atoms with van der Waals surface area (Å²) in [6, 6.07) is 4.37. The second kappa shape index (κ2) is 0.970. The molecule has 0 aromatic rings. The van der Waals surface area contributed by atoms with E-state index in [1.807, 2.05) is 0 Å². The van der Waals surface area contributed by atoms with Gasteiger partial charge < -0.3 is 0 Å². The first kappa shape index (κ1) is 4.13. The van der Waals surface area contributed by atoms with E-state index < -0.39 is 0 Å². The minimum Gasteiger partial charge on any atom is -0.0581 e. The van der Waals surface area contributed by atoms with Crippen molar-refractivity contribution in [2.75, 3.05) is 0 Å². The Bertz CT molecular complexity index is 246. The van der Waals surface area contributed by atoms with Crippen LogP contribution in [0.4, 0.5) is 0 Å². The average molecular weight is 104 g/mol. The Morgan fingerprint density at radius 1 is 1.12 bits per heavy atom. The van der Waals surface area contributed by atoms with Crippen LogP contribution in [0.15, 0.2) is 12.1 Å². The first-order chi connectivity index (χ1) is 3.80. The van der Waals surface area contributed by atoms with Crippen molar-refractivity contribution in [3.8, 4) is 11.1 Å². The molecule has 0 spiro atoms. The molecule has 0 saturated heterocycles. The van der Waals surface area contributed by atoms with Crippen LogP contribution < -0.4 is 0 Å². The summed E-state index contributed by atoms with van der Waals surface area (Å²) < 4.78 is 0. The molecule has 2 rings (SSSR count). The van der Waals surface area contributed by atoms with Crippen LogP contribution in [0.3, 0.4) is 0 Å². The molecule has 0 saturated carbocycles. The average Bonchev–Trinajstić information content (AvgIpc) is 2.13. The molecule has 0 radical (unpaired) electrons. The van der Waals surface area contributed by atoms with Crippen LogP contribution in [0.25, 0.3) is 11.1 Å². The van der Waals surface area contributed by atoms with Gasteiger partial charge in [0, 0.05) is 0 Å². The molecule has 0 aliphatic heterocycles. The lowest BCUT2D eigenvalue weighted by Crippen LogP contribution is -1.54. The Kier molecular flexibility index (Phi) is 0.501. The van der Waals surface area contributed by atoms with Crippen molar-refractivity contribution in [3.63, 3.8) is 0 Å². The van der Waals surface area contributed by atoms with Crippen molar-refractivity contribution in [2.24, 2.45) is 0 Å². The molecule has 0 aromatic carbocycles. The van der Waals surface area contributed by atoms with E-state index >= 15 is 0 Å². The second-order valence-corrected chi connectivity index (χ2v) is 2.43. The van der Waals surface area contributed by atoms with Gasteiger partial charge in [0.25, 0.3) is 0 Å². The summed E-state index contributed by atoms with van der Waals surface area (Å²) in [6.45, 7) is 4.34. The van der Waals surface area contributed by atoms with E-state index in [0.717, 1.165) is 0 Å². The smallest absolute Gasteiger partial charge is 0.0116 e. The molecule has 0 bridgehead atoms. The van der Waals surface area contributed by atoms with Gasteiger partial charge in [-0.15, -0.1) is 0 Å². The maximum atomic E-state index is 2.19. The summed E-state index contributed by atoms with van der Waals surface area (Å²) in [5.41, 5.74) is 5.95. The number of hydrogen-bond acceptors (Lipinski definition) is 0. The predicted octanol–water partition coefficient (Wildman–Crippen LogP) is 2.28. The fourth-order valence-electron chi connectivity index (χ4n) is 1.31. The largest absolute Gasteiger partial charge is 0.0581 e. The molecule has 0 aromatic heterocycles. The Hall–Kier alpha value is -0.780. The lowest BCUT2D eigenvalue weighted by atomic mass is 10.3. The van der Waals surface area contributed by atoms with Gasteiger partial charge >= 0.3 is 0 Å². The SMILES string of the molecule is Cc1ccc2c(C)c1-2. The summed E-state index contributed by atoms with van der Waals surface area (Å²) in [7, 11) is 0. The lowest BCUT2D eigenvalue weighted by molar-refractivity contribution is 1.54. The quantitative estimate of drug-likeness (QED) is 0.481. The third kappa shape index (κ3) is 0.280. The molecular formula is C8H8. The van der Waals surface area contributed by atoms with Crippen molar-refractivity contribution >= 4 is 0 Å². The summed E-state index contributed by atoms with van der Waals surface area (Å²) in [5.74, 6) is 0. The minimum atomic E-state index is 1.44. The Balaban J connectivity index is 2.72. The topological polar surface area (TPSA) is 0 Å². The van der Waals surface area contributed by atoms with E-state index in [1.165, 1.54) is 22.3 Å². The Morgan fingerprint density at radius 3 is 2.12 bits per heavy atom. The molecule has 0 unspecified atom stereocenters. The summed E-state index contributed by atoms with van der Waals surface area (Å²) in [4.78, 5) is 0. The van der Waals surface area contributed by atoms with Crippen LogP contribution in [0.1, 0.15) is 11.1 Å². The second-order valence-electron chi connectivity index (χ2n) is 2.43. The van der Waals surface area contributed by atoms with Crippen molar-refractivity contribution in [1.29, 1.82) is 0 Å².